The highest BCUT2D eigenvalue weighted by Gasteiger charge is 2.21. The third-order valence-corrected chi connectivity index (χ3v) is 4.96. The van der Waals surface area contributed by atoms with Gasteiger partial charge in [0, 0.05) is 31.9 Å². The van der Waals surface area contributed by atoms with E-state index in [0.717, 1.165) is 18.8 Å². The van der Waals surface area contributed by atoms with E-state index in [1.807, 2.05) is 17.0 Å². The third kappa shape index (κ3) is 5.63. The molecule has 0 radical (unpaired) electrons. The average Bonchev–Trinajstić information content (AvgIpc) is 2.66. The first-order chi connectivity index (χ1) is 13.0. The lowest BCUT2D eigenvalue weighted by Gasteiger charge is -2.35. The summed E-state index contributed by atoms with van der Waals surface area (Å²) in [5.74, 6) is -0.376. The number of piperazine rings is 1. The molecule has 0 bridgehead atoms. The van der Waals surface area contributed by atoms with E-state index < -0.39 is 0 Å². The molecule has 8 heteroatoms. The smallest absolute Gasteiger partial charge is 0.238 e. The minimum Gasteiger partial charge on any atom is -0.346 e. The van der Waals surface area contributed by atoms with E-state index in [9.17, 15) is 9.18 Å². The van der Waals surface area contributed by atoms with Crippen molar-refractivity contribution in [2.75, 3.05) is 43.4 Å². The molecule has 1 heterocycles. The maximum absolute atomic E-state index is 13.0. The Morgan fingerprint density at radius 3 is 2.37 bits per heavy atom. The fourth-order valence-corrected chi connectivity index (χ4v) is 3.28. The quantitative estimate of drug-likeness (QED) is 0.762. The molecule has 1 aliphatic heterocycles. The average molecular weight is 407 g/mol. The fraction of sp³-hybridized carbons (Fsp3) is 0.263. The van der Waals surface area contributed by atoms with Crippen LogP contribution in [0.2, 0.25) is 5.02 Å². The first kappa shape index (κ1) is 19.5. The first-order valence-corrected chi connectivity index (χ1v) is 9.38. The fourth-order valence-electron chi connectivity index (χ4n) is 2.80. The minimum atomic E-state index is -0.282. The Hall–Kier alpha value is -2.22. The molecule has 1 saturated heterocycles. The highest BCUT2D eigenvalue weighted by atomic mass is 35.5. The predicted octanol–water partition coefficient (Wildman–Crippen LogP) is 3.43. The largest absolute Gasteiger partial charge is 0.346 e. The minimum absolute atomic E-state index is 0.0939. The molecule has 1 aliphatic rings. The Bertz CT molecular complexity index is 810. The molecule has 0 atom stereocenters. The normalized spacial score (nSPS) is 14.7. The van der Waals surface area contributed by atoms with E-state index in [2.05, 4.69) is 15.5 Å². The van der Waals surface area contributed by atoms with Gasteiger partial charge in [0.2, 0.25) is 5.91 Å². The van der Waals surface area contributed by atoms with Crippen LogP contribution >= 0.6 is 23.8 Å². The van der Waals surface area contributed by atoms with Crippen LogP contribution < -0.4 is 10.6 Å². The predicted molar refractivity (Wildman–Crippen MR) is 111 cm³/mol. The number of amides is 1. The molecule has 1 fully saturated rings. The Morgan fingerprint density at radius 1 is 1.04 bits per heavy atom. The number of hydrogen-bond donors (Lipinski definition) is 2. The number of carbonyl (C=O) groups is 1. The lowest BCUT2D eigenvalue weighted by Crippen LogP contribution is -2.51. The molecule has 2 aromatic carbocycles. The molecule has 2 aromatic rings. The molecule has 0 unspecified atom stereocenters. The van der Waals surface area contributed by atoms with E-state index in [0.29, 0.717) is 35.5 Å². The van der Waals surface area contributed by atoms with Crippen molar-refractivity contribution in [2.45, 2.75) is 0 Å². The van der Waals surface area contributed by atoms with Crippen molar-refractivity contribution in [2.24, 2.45) is 0 Å². The molecule has 0 spiro atoms. The van der Waals surface area contributed by atoms with Gasteiger partial charge in [0.1, 0.15) is 5.82 Å². The zero-order valence-corrected chi connectivity index (χ0v) is 16.2. The SMILES string of the molecule is O=C(CN1CCN(C(=S)Nc2ccc(F)cc2)CC1)Nc1ccccc1Cl. The van der Waals surface area contributed by atoms with Crippen molar-refractivity contribution in [1.82, 2.24) is 9.80 Å². The van der Waals surface area contributed by atoms with Crippen molar-refractivity contribution in [1.29, 1.82) is 0 Å². The van der Waals surface area contributed by atoms with Crippen LogP contribution in [0.15, 0.2) is 48.5 Å². The van der Waals surface area contributed by atoms with Crippen molar-refractivity contribution in [3.05, 3.63) is 59.4 Å². The van der Waals surface area contributed by atoms with Gasteiger partial charge in [-0.05, 0) is 48.6 Å². The van der Waals surface area contributed by atoms with E-state index in [-0.39, 0.29) is 11.7 Å². The van der Waals surface area contributed by atoms with Gasteiger partial charge in [-0.15, -0.1) is 0 Å². The Labute approximate surface area is 168 Å². The number of anilines is 2. The highest BCUT2D eigenvalue weighted by molar-refractivity contribution is 7.80. The number of carbonyl (C=O) groups excluding carboxylic acids is 1. The van der Waals surface area contributed by atoms with Gasteiger partial charge in [-0.1, -0.05) is 23.7 Å². The van der Waals surface area contributed by atoms with Crippen LogP contribution in [-0.4, -0.2) is 53.5 Å². The number of halogens is 2. The summed E-state index contributed by atoms with van der Waals surface area (Å²) in [6.07, 6.45) is 0. The summed E-state index contributed by atoms with van der Waals surface area (Å²) in [4.78, 5) is 16.3. The first-order valence-electron chi connectivity index (χ1n) is 8.59. The van der Waals surface area contributed by atoms with Gasteiger partial charge in [0.05, 0.1) is 17.3 Å². The molecule has 0 aromatic heterocycles. The number of nitrogens with zero attached hydrogens (tertiary/aromatic N) is 2. The Balaban J connectivity index is 1.44. The van der Waals surface area contributed by atoms with Crippen molar-refractivity contribution < 1.29 is 9.18 Å². The summed E-state index contributed by atoms with van der Waals surface area (Å²) < 4.78 is 13.0. The highest BCUT2D eigenvalue weighted by Crippen LogP contribution is 2.20. The lowest BCUT2D eigenvalue weighted by atomic mass is 10.3. The van der Waals surface area contributed by atoms with E-state index in [4.69, 9.17) is 23.8 Å². The van der Waals surface area contributed by atoms with Gasteiger partial charge in [-0.2, -0.15) is 0 Å². The standard InChI is InChI=1S/C19H20ClFN4OS/c20-16-3-1-2-4-17(16)23-18(26)13-24-9-11-25(12-10-24)19(27)22-15-7-5-14(21)6-8-15/h1-8H,9-13H2,(H,22,27)(H,23,26). The molecule has 3 rings (SSSR count). The summed E-state index contributed by atoms with van der Waals surface area (Å²) in [5, 5.41) is 7.07. The van der Waals surface area contributed by atoms with Crippen molar-refractivity contribution in [3.63, 3.8) is 0 Å². The second-order valence-electron chi connectivity index (χ2n) is 6.23. The van der Waals surface area contributed by atoms with Gasteiger partial charge in [0.25, 0.3) is 0 Å². The van der Waals surface area contributed by atoms with Crippen molar-refractivity contribution >= 4 is 46.2 Å². The molecule has 27 heavy (non-hydrogen) atoms. The van der Waals surface area contributed by atoms with E-state index in [1.54, 1.807) is 24.3 Å². The van der Waals surface area contributed by atoms with E-state index >= 15 is 0 Å². The number of nitrogens with one attached hydrogen (secondary N) is 2. The number of para-hydroxylation sites is 1. The second kappa shape index (κ2) is 9.12. The van der Waals surface area contributed by atoms with Gasteiger partial charge < -0.3 is 15.5 Å². The second-order valence-corrected chi connectivity index (χ2v) is 7.02. The zero-order chi connectivity index (χ0) is 19.2. The molecule has 2 N–H and O–H groups in total. The van der Waals surface area contributed by atoms with Crippen LogP contribution in [0.25, 0.3) is 0 Å². The number of hydrogen-bond acceptors (Lipinski definition) is 3. The molecule has 142 valence electrons. The molecule has 0 saturated carbocycles. The van der Waals surface area contributed by atoms with Crippen LogP contribution in [0.5, 0.6) is 0 Å². The Kier molecular flexibility index (Phi) is 6.60. The van der Waals surface area contributed by atoms with Crippen LogP contribution in [-0.2, 0) is 4.79 Å². The third-order valence-electron chi connectivity index (χ3n) is 4.27. The molecular formula is C19H20ClFN4OS. The van der Waals surface area contributed by atoms with Crippen LogP contribution in [0.3, 0.4) is 0 Å². The lowest BCUT2D eigenvalue weighted by molar-refractivity contribution is -0.117. The van der Waals surface area contributed by atoms with Gasteiger partial charge in [-0.25, -0.2) is 4.39 Å². The number of rotatable bonds is 4. The molecule has 0 aliphatic carbocycles. The van der Waals surface area contributed by atoms with Gasteiger partial charge >= 0.3 is 0 Å². The zero-order valence-electron chi connectivity index (χ0n) is 14.6. The molecule has 5 nitrogen and oxygen atoms in total. The van der Waals surface area contributed by atoms with Crippen LogP contribution in [0.4, 0.5) is 15.8 Å². The van der Waals surface area contributed by atoms with Gasteiger partial charge in [0.15, 0.2) is 5.11 Å². The van der Waals surface area contributed by atoms with E-state index in [1.165, 1.54) is 12.1 Å². The molecular weight excluding hydrogens is 387 g/mol. The summed E-state index contributed by atoms with van der Waals surface area (Å²) in [5.41, 5.74) is 1.37. The molecule has 1 amide bonds. The summed E-state index contributed by atoms with van der Waals surface area (Å²) >= 11 is 11.5. The maximum atomic E-state index is 13.0. The van der Waals surface area contributed by atoms with Crippen molar-refractivity contribution in [3.8, 4) is 0 Å². The van der Waals surface area contributed by atoms with Gasteiger partial charge in [-0.3, -0.25) is 9.69 Å². The Morgan fingerprint density at radius 2 is 1.70 bits per heavy atom. The monoisotopic (exact) mass is 406 g/mol. The summed E-state index contributed by atoms with van der Waals surface area (Å²) in [7, 11) is 0. The topological polar surface area (TPSA) is 47.6 Å². The number of benzene rings is 2. The van der Waals surface area contributed by atoms with Crippen LogP contribution in [0, 0.1) is 5.82 Å². The summed E-state index contributed by atoms with van der Waals surface area (Å²) in [6, 6.07) is 13.2. The summed E-state index contributed by atoms with van der Waals surface area (Å²) in [6.45, 7) is 3.18. The maximum Gasteiger partial charge on any atom is 0.238 e. The van der Waals surface area contributed by atoms with Crippen LogP contribution in [0.1, 0.15) is 0 Å². The number of thiocarbonyl (C=S) groups is 1.